The molecule has 2 heterocycles. The van der Waals surface area contributed by atoms with Crippen molar-refractivity contribution in [1.82, 2.24) is 9.78 Å². The molecule has 0 saturated heterocycles. The molecule has 2 N–H and O–H groups in total. The van der Waals surface area contributed by atoms with E-state index in [0.717, 1.165) is 11.3 Å². The van der Waals surface area contributed by atoms with Crippen LogP contribution in [-0.4, -0.2) is 31.5 Å². The van der Waals surface area contributed by atoms with Crippen LogP contribution < -0.4 is 0 Å². The Bertz CT molecular complexity index is 1090. The number of benzene rings is 2. The lowest BCUT2D eigenvalue weighted by Gasteiger charge is -2.37. The van der Waals surface area contributed by atoms with Gasteiger partial charge in [0.25, 0.3) is 0 Å². The summed E-state index contributed by atoms with van der Waals surface area (Å²) in [4.78, 5) is 13.1. The molecule has 1 aromatic heterocycles. The van der Waals surface area contributed by atoms with Gasteiger partial charge in [-0.15, -0.1) is 0 Å². The minimum Gasteiger partial charge on any atom is -0.461 e. The highest BCUT2D eigenvalue weighted by molar-refractivity contribution is 8.23. The van der Waals surface area contributed by atoms with Crippen molar-refractivity contribution < 1.29 is 18.6 Å². The van der Waals surface area contributed by atoms with Crippen molar-refractivity contribution in [3.63, 3.8) is 0 Å². The van der Waals surface area contributed by atoms with E-state index in [1.54, 1.807) is 23.7 Å². The van der Waals surface area contributed by atoms with Crippen molar-refractivity contribution in [2.75, 3.05) is 6.61 Å². The van der Waals surface area contributed by atoms with E-state index >= 15 is 0 Å². The van der Waals surface area contributed by atoms with Crippen molar-refractivity contribution >= 4 is 16.6 Å². The molecule has 0 spiro atoms. The molecule has 0 amide bonds. The molecule has 0 bridgehead atoms. The number of ether oxygens (including phenoxy) is 1. The predicted octanol–water partition coefficient (Wildman–Crippen LogP) is 5.46. The molecule has 1 aliphatic rings. The number of hydrogen-bond donors (Lipinski definition) is 2. The Balaban J connectivity index is 2.05. The van der Waals surface area contributed by atoms with Crippen LogP contribution in [0.25, 0.3) is 16.9 Å². The van der Waals surface area contributed by atoms with Gasteiger partial charge < -0.3 is 4.74 Å². The van der Waals surface area contributed by atoms with Gasteiger partial charge in [0.1, 0.15) is 0 Å². The Hall–Kier alpha value is -2.61. The zero-order valence-electron chi connectivity index (χ0n) is 16.6. The summed E-state index contributed by atoms with van der Waals surface area (Å²) in [7, 11) is -3.08. The Morgan fingerprint density at radius 1 is 1.17 bits per heavy atom. The summed E-state index contributed by atoms with van der Waals surface area (Å²) in [6, 6.07) is 15.1. The Kier molecular flexibility index (Phi) is 4.98. The Morgan fingerprint density at radius 2 is 1.86 bits per heavy atom. The third-order valence-corrected chi connectivity index (χ3v) is 6.83. The highest BCUT2D eigenvalue weighted by atomic mass is 32.3. The van der Waals surface area contributed by atoms with E-state index in [4.69, 9.17) is 4.74 Å². The Labute approximate surface area is 171 Å². The molecule has 0 atom stereocenters. The average molecular weight is 413 g/mol. The zero-order chi connectivity index (χ0) is 20.8. The van der Waals surface area contributed by atoms with E-state index in [0.29, 0.717) is 21.7 Å². The first-order chi connectivity index (χ1) is 13.8. The fourth-order valence-electron chi connectivity index (χ4n) is 3.80. The van der Waals surface area contributed by atoms with Gasteiger partial charge in [-0.3, -0.25) is 9.11 Å². The number of carbonyl (C=O) groups excluding carboxylic acids is 1. The van der Waals surface area contributed by atoms with E-state index in [9.17, 15) is 13.9 Å². The molecule has 2 aromatic carbocycles. The molecule has 4 rings (SSSR count). The van der Waals surface area contributed by atoms with E-state index < -0.39 is 16.6 Å². The number of rotatable bonds is 4. The van der Waals surface area contributed by atoms with Crippen LogP contribution in [0.4, 0.5) is 0 Å². The molecule has 3 aromatic rings. The van der Waals surface area contributed by atoms with E-state index in [1.165, 1.54) is 0 Å². The zero-order valence-corrected chi connectivity index (χ0v) is 17.4. The van der Waals surface area contributed by atoms with Crippen molar-refractivity contribution in [3.8, 4) is 16.9 Å². The molecule has 152 valence electrons. The van der Waals surface area contributed by atoms with Crippen LogP contribution in [0.1, 0.15) is 48.3 Å². The molecule has 6 nitrogen and oxygen atoms in total. The van der Waals surface area contributed by atoms with Gasteiger partial charge in [-0.05, 0) is 30.5 Å². The van der Waals surface area contributed by atoms with Crippen LogP contribution in [0.3, 0.4) is 0 Å². The summed E-state index contributed by atoms with van der Waals surface area (Å²) >= 11 is 0. The van der Waals surface area contributed by atoms with Gasteiger partial charge in [0.15, 0.2) is 5.69 Å². The molecule has 0 unspecified atom stereocenters. The van der Waals surface area contributed by atoms with Crippen LogP contribution in [0.2, 0.25) is 0 Å². The maximum absolute atomic E-state index is 12.7. The van der Waals surface area contributed by atoms with Crippen LogP contribution in [0, 0.1) is 0 Å². The number of carbonyl (C=O) groups is 1. The molecular formula is C22H24N2O4S. The summed E-state index contributed by atoms with van der Waals surface area (Å²) in [5, 5.41) is 4.62. The number of aromatic nitrogens is 2. The second kappa shape index (κ2) is 7.33. The first kappa shape index (κ1) is 19.7. The molecule has 29 heavy (non-hydrogen) atoms. The lowest BCUT2D eigenvalue weighted by atomic mass is 10.0. The van der Waals surface area contributed by atoms with Gasteiger partial charge >= 0.3 is 5.97 Å². The van der Waals surface area contributed by atoms with Gasteiger partial charge in [0.05, 0.1) is 28.6 Å². The topological polar surface area (TPSA) is 84.6 Å². The fourth-order valence-corrected chi connectivity index (χ4v) is 5.44. The van der Waals surface area contributed by atoms with E-state index in [-0.39, 0.29) is 24.0 Å². The van der Waals surface area contributed by atoms with Crippen LogP contribution in [-0.2, 0) is 10.5 Å². The van der Waals surface area contributed by atoms with Crippen molar-refractivity contribution in [1.29, 1.82) is 0 Å². The highest BCUT2D eigenvalue weighted by Crippen LogP contribution is 2.60. The first-order valence-electron chi connectivity index (χ1n) is 9.58. The molecule has 7 heteroatoms. The van der Waals surface area contributed by atoms with Crippen molar-refractivity contribution in [2.45, 2.75) is 37.3 Å². The van der Waals surface area contributed by atoms with Gasteiger partial charge in [0.2, 0.25) is 0 Å². The summed E-state index contributed by atoms with van der Waals surface area (Å²) in [5.74, 6) is -0.368. The molecule has 0 radical (unpaired) electrons. The monoisotopic (exact) mass is 412 g/mol. The standard InChI is InChI=1S/C22H24N2O4S/c1-4-28-22(25)20-17-13-29(26,27)19-12-8-6-10-16(19)21(17)24(23-20)18-11-7-5-9-15(18)14(2)3/h5-12,14,26-27H,4,13H2,1-3H3. The summed E-state index contributed by atoms with van der Waals surface area (Å²) in [5.41, 5.74) is 3.99. The SMILES string of the molecule is CCOC(=O)c1nn(-c2ccccc2C(C)C)c2c1CS(O)(O)c1ccccc1-2. The second-order valence-corrected chi connectivity index (χ2v) is 9.39. The lowest BCUT2D eigenvalue weighted by Crippen LogP contribution is -2.14. The second-order valence-electron chi connectivity index (χ2n) is 7.33. The molecular weight excluding hydrogens is 388 g/mol. The number of para-hydroxylation sites is 1. The third-order valence-electron chi connectivity index (χ3n) is 5.08. The number of fused-ring (bicyclic) bond motifs is 3. The van der Waals surface area contributed by atoms with Crippen LogP contribution in [0.5, 0.6) is 0 Å². The number of nitrogens with zero attached hydrogens (tertiary/aromatic N) is 2. The average Bonchev–Trinajstić information content (AvgIpc) is 3.07. The molecule has 1 aliphatic heterocycles. The van der Waals surface area contributed by atoms with Gasteiger partial charge in [-0.2, -0.15) is 15.7 Å². The third kappa shape index (κ3) is 3.25. The quantitative estimate of drug-likeness (QED) is 0.556. The van der Waals surface area contributed by atoms with Gasteiger partial charge in [0, 0.05) is 11.1 Å². The minimum atomic E-state index is -3.08. The lowest BCUT2D eigenvalue weighted by molar-refractivity contribution is 0.0518. The smallest absolute Gasteiger partial charge is 0.359 e. The molecule has 0 saturated carbocycles. The number of hydrogen-bond acceptors (Lipinski definition) is 5. The molecule has 0 fully saturated rings. The van der Waals surface area contributed by atoms with Gasteiger partial charge in [-0.25, -0.2) is 9.48 Å². The van der Waals surface area contributed by atoms with Crippen LogP contribution in [0.15, 0.2) is 53.4 Å². The number of esters is 1. The Morgan fingerprint density at radius 3 is 2.59 bits per heavy atom. The van der Waals surface area contributed by atoms with Crippen molar-refractivity contribution in [2.24, 2.45) is 0 Å². The maximum atomic E-state index is 12.7. The minimum absolute atomic E-state index is 0.0582. The highest BCUT2D eigenvalue weighted by Gasteiger charge is 2.36. The fraction of sp³-hybridized carbons (Fsp3) is 0.273. The van der Waals surface area contributed by atoms with E-state index in [1.807, 2.05) is 36.4 Å². The summed E-state index contributed by atoms with van der Waals surface area (Å²) in [6.07, 6.45) is 0. The van der Waals surface area contributed by atoms with E-state index in [2.05, 4.69) is 18.9 Å². The maximum Gasteiger partial charge on any atom is 0.359 e. The summed E-state index contributed by atoms with van der Waals surface area (Å²) < 4.78 is 28.5. The van der Waals surface area contributed by atoms with Crippen molar-refractivity contribution in [3.05, 3.63) is 65.4 Å². The summed E-state index contributed by atoms with van der Waals surface area (Å²) in [6.45, 7) is 6.16. The molecule has 0 aliphatic carbocycles. The van der Waals surface area contributed by atoms with Crippen LogP contribution >= 0.6 is 10.6 Å². The first-order valence-corrected chi connectivity index (χ1v) is 11.3. The van der Waals surface area contributed by atoms with Gasteiger partial charge in [-0.1, -0.05) is 50.2 Å². The normalized spacial score (nSPS) is 15.5. The largest absolute Gasteiger partial charge is 0.461 e. The predicted molar refractivity (Wildman–Crippen MR) is 114 cm³/mol.